The van der Waals surface area contributed by atoms with Gasteiger partial charge in [-0.25, -0.2) is 9.97 Å². The van der Waals surface area contributed by atoms with Crippen LogP contribution in [-0.2, 0) is 0 Å². The van der Waals surface area contributed by atoms with Crippen LogP contribution < -0.4 is 5.32 Å². The van der Waals surface area contributed by atoms with Gasteiger partial charge < -0.3 is 5.32 Å². The van der Waals surface area contributed by atoms with Crippen molar-refractivity contribution in [2.75, 3.05) is 11.9 Å². The Morgan fingerprint density at radius 1 is 1.44 bits per heavy atom. The van der Waals surface area contributed by atoms with E-state index in [1.807, 2.05) is 6.07 Å². The van der Waals surface area contributed by atoms with E-state index in [1.54, 1.807) is 6.20 Å². The van der Waals surface area contributed by atoms with Crippen LogP contribution in [0.1, 0.15) is 39.5 Å². The molecule has 1 aromatic heterocycles. The van der Waals surface area contributed by atoms with Crippen LogP contribution in [0, 0.1) is 5.92 Å². The zero-order valence-electron chi connectivity index (χ0n) is 10.0. The minimum atomic E-state index is 0.298. The summed E-state index contributed by atoms with van der Waals surface area (Å²) in [6, 6.07) is 1.85. The molecule has 1 rings (SSSR count). The first-order valence-corrected chi connectivity index (χ1v) is 6.36. The largest absolute Gasteiger partial charge is 0.370 e. The first kappa shape index (κ1) is 13.2. The average molecular weight is 242 g/mol. The van der Waals surface area contributed by atoms with Gasteiger partial charge in [-0.1, -0.05) is 33.1 Å². The number of nitrogens with one attached hydrogen (secondary N) is 1. The summed E-state index contributed by atoms with van der Waals surface area (Å²) < 4.78 is 0. The Labute approximate surface area is 103 Å². The van der Waals surface area contributed by atoms with Crippen molar-refractivity contribution in [1.82, 2.24) is 9.97 Å². The molecule has 1 atom stereocenters. The lowest BCUT2D eigenvalue weighted by molar-refractivity contribution is 0.472. The Hall–Kier alpha value is -0.830. The summed E-state index contributed by atoms with van der Waals surface area (Å²) in [5.41, 5.74) is 0. The third-order valence-electron chi connectivity index (χ3n) is 2.74. The van der Waals surface area contributed by atoms with Crippen molar-refractivity contribution in [3.8, 4) is 0 Å². The van der Waals surface area contributed by atoms with Crippen molar-refractivity contribution in [3.63, 3.8) is 0 Å². The third kappa shape index (κ3) is 4.79. The molecule has 0 radical (unpaired) electrons. The quantitative estimate of drug-likeness (QED) is 0.739. The average Bonchev–Trinajstić information content (AvgIpc) is 2.29. The third-order valence-corrected chi connectivity index (χ3v) is 2.92. The van der Waals surface area contributed by atoms with Gasteiger partial charge in [-0.15, -0.1) is 0 Å². The normalized spacial score (nSPS) is 12.4. The topological polar surface area (TPSA) is 37.8 Å². The molecule has 16 heavy (non-hydrogen) atoms. The number of hydrogen-bond donors (Lipinski definition) is 1. The van der Waals surface area contributed by atoms with Gasteiger partial charge in [0, 0.05) is 12.7 Å². The molecule has 3 nitrogen and oxygen atoms in total. The van der Waals surface area contributed by atoms with Gasteiger partial charge in [-0.2, -0.15) is 0 Å². The lowest BCUT2D eigenvalue weighted by Crippen LogP contribution is -2.14. The molecule has 1 unspecified atom stereocenters. The second-order valence-corrected chi connectivity index (χ2v) is 4.35. The maximum atomic E-state index is 5.72. The van der Waals surface area contributed by atoms with Gasteiger partial charge in [-0.05, 0) is 30.0 Å². The highest BCUT2D eigenvalue weighted by Gasteiger charge is 2.05. The molecule has 0 aliphatic rings. The Kier molecular flexibility index (Phi) is 6.16. The van der Waals surface area contributed by atoms with Crippen LogP contribution in [-0.4, -0.2) is 16.5 Å². The highest BCUT2D eigenvalue weighted by atomic mass is 35.5. The van der Waals surface area contributed by atoms with E-state index in [-0.39, 0.29) is 0 Å². The molecule has 0 saturated carbocycles. The number of rotatable bonds is 7. The van der Waals surface area contributed by atoms with Gasteiger partial charge in [0.1, 0.15) is 5.82 Å². The van der Waals surface area contributed by atoms with E-state index in [0.29, 0.717) is 11.2 Å². The number of aromatic nitrogens is 2. The summed E-state index contributed by atoms with van der Waals surface area (Å²) in [6.45, 7) is 5.42. The highest BCUT2D eigenvalue weighted by molar-refractivity contribution is 6.28. The molecule has 90 valence electrons. The number of nitrogens with zero attached hydrogens (tertiary/aromatic N) is 2. The molecule has 0 aromatic carbocycles. The standard InChI is InChI=1S/C12H20ClN3/c1-3-5-6-10(4-2)9-15-11-7-8-14-12(13)16-11/h7-8,10H,3-6,9H2,1-2H3,(H,14,15,16). The molecule has 0 amide bonds. The first-order chi connectivity index (χ1) is 7.76. The maximum absolute atomic E-state index is 5.72. The molecule has 4 heteroatoms. The van der Waals surface area contributed by atoms with Gasteiger partial charge in [0.05, 0.1) is 0 Å². The molecular formula is C12H20ClN3. The van der Waals surface area contributed by atoms with Crippen LogP contribution in [0.15, 0.2) is 12.3 Å². The van der Waals surface area contributed by atoms with Crippen LogP contribution in [0.3, 0.4) is 0 Å². The molecule has 0 aliphatic carbocycles. The fourth-order valence-corrected chi connectivity index (χ4v) is 1.77. The van der Waals surface area contributed by atoms with E-state index in [0.717, 1.165) is 12.4 Å². The predicted octanol–water partition coefficient (Wildman–Crippen LogP) is 3.76. The molecule has 0 aliphatic heterocycles. The van der Waals surface area contributed by atoms with Gasteiger partial charge in [0.25, 0.3) is 0 Å². The van der Waals surface area contributed by atoms with Gasteiger partial charge >= 0.3 is 0 Å². The minimum absolute atomic E-state index is 0.298. The number of hydrogen-bond acceptors (Lipinski definition) is 3. The molecule has 1 N–H and O–H groups in total. The fraction of sp³-hybridized carbons (Fsp3) is 0.667. The minimum Gasteiger partial charge on any atom is -0.370 e. The highest BCUT2D eigenvalue weighted by Crippen LogP contribution is 2.14. The molecule has 0 spiro atoms. The summed E-state index contributed by atoms with van der Waals surface area (Å²) in [6.07, 6.45) is 6.70. The molecular weight excluding hydrogens is 222 g/mol. The second-order valence-electron chi connectivity index (χ2n) is 4.01. The van der Waals surface area contributed by atoms with Gasteiger partial charge in [0.2, 0.25) is 5.28 Å². The first-order valence-electron chi connectivity index (χ1n) is 5.98. The van der Waals surface area contributed by atoms with Crippen LogP contribution in [0.4, 0.5) is 5.82 Å². The van der Waals surface area contributed by atoms with E-state index in [9.17, 15) is 0 Å². The van der Waals surface area contributed by atoms with Crippen molar-refractivity contribution in [2.24, 2.45) is 5.92 Å². The van der Waals surface area contributed by atoms with Gasteiger partial charge in [0.15, 0.2) is 0 Å². The predicted molar refractivity (Wildman–Crippen MR) is 68.8 cm³/mol. The summed E-state index contributed by atoms with van der Waals surface area (Å²) >= 11 is 5.72. The van der Waals surface area contributed by atoms with E-state index >= 15 is 0 Å². The Morgan fingerprint density at radius 3 is 2.88 bits per heavy atom. The van der Waals surface area contributed by atoms with E-state index in [1.165, 1.54) is 25.7 Å². The smallest absolute Gasteiger partial charge is 0.224 e. The van der Waals surface area contributed by atoms with Crippen LogP contribution in [0.2, 0.25) is 5.28 Å². The second kappa shape index (κ2) is 7.44. The van der Waals surface area contributed by atoms with Crippen molar-refractivity contribution in [1.29, 1.82) is 0 Å². The summed E-state index contributed by atoms with van der Waals surface area (Å²) in [5, 5.41) is 3.61. The van der Waals surface area contributed by atoms with Crippen molar-refractivity contribution in [2.45, 2.75) is 39.5 Å². The van der Waals surface area contributed by atoms with E-state index in [2.05, 4.69) is 29.1 Å². The van der Waals surface area contributed by atoms with E-state index < -0.39 is 0 Å². The molecule has 0 bridgehead atoms. The Balaban J connectivity index is 2.37. The molecule has 1 aromatic rings. The zero-order valence-corrected chi connectivity index (χ0v) is 10.8. The van der Waals surface area contributed by atoms with Crippen LogP contribution >= 0.6 is 11.6 Å². The molecule has 0 fully saturated rings. The number of unbranched alkanes of at least 4 members (excludes halogenated alkanes) is 1. The van der Waals surface area contributed by atoms with E-state index in [4.69, 9.17) is 11.6 Å². The van der Waals surface area contributed by atoms with Crippen LogP contribution in [0.25, 0.3) is 0 Å². The summed E-state index contributed by atoms with van der Waals surface area (Å²) in [5.74, 6) is 1.53. The summed E-state index contributed by atoms with van der Waals surface area (Å²) in [7, 11) is 0. The van der Waals surface area contributed by atoms with Gasteiger partial charge in [-0.3, -0.25) is 0 Å². The maximum Gasteiger partial charge on any atom is 0.224 e. The Bertz CT molecular complexity index is 304. The van der Waals surface area contributed by atoms with Crippen LogP contribution in [0.5, 0.6) is 0 Å². The van der Waals surface area contributed by atoms with Crippen molar-refractivity contribution in [3.05, 3.63) is 17.5 Å². The SMILES string of the molecule is CCCCC(CC)CNc1ccnc(Cl)n1. The number of anilines is 1. The monoisotopic (exact) mass is 241 g/mol. The fourth-order valence-electron chi connectivity index (χ4n) is 1.63. The lowest BCUT2D eigenvalue weighted by Gasteiger charge is -2.15. The molecule has 1 heterocycles. The summed E-state index contributed by atoms with van der Waals surface area (Å²) in [4.78, 5) is 7.95. The number of halogens is 1. The Morgan fingerprint density at radius 2 is 2.25 bits per heavy atom. The van der Waals surface area contributed by atoms with Crippen molar-refractivity contribution < 1.29 is 0 Å². The lowest BCUT2D eigenvalue weighted by atomic mass is 9.99. The van der Waals surface area contributed by atoms with Crippen molar-refractivity contribution >= 4 is 17.4 Å². The zero-order chi connectivity index (χ0) is 11.8. The molecule has 0 saturated heterocycles.